The first kappa shape index (κ1) is 35.9. The number of carbonyl (C=O) groups excluding carboxylic acids is 5. The summed E-state index contributed by atoms with van der Waals surface area (Å²) in [5, 5.41) is 47.5. The molecule has 3 aliphatic carbocycles. The van der Waals surface area contributed by atoms with Crippen molar-refractivity contribution in [1.29, 1.82) is 0 Å². The maximum Gasteiger partial charge on any atom is 0.203 e. The van der Waals surface area contributed by atoms with E-state index in [9.17, 15) is 44.4 Å². The number of carbonyl (C=O) groups is 5. The lowest BCUT2D eigenvalue weighted by Gasteiger charge is -2.60. The van der Waals surface area contributed by atoms with Crippen molar-refractivity contribution in [2.75, 3.05) is 0 Å². The van der Waals surface area contributed by atoms with Crippen LogP contribution < -0.4 is 0 Å². The molecule has 2 aromatic rings. The van der Waals surface area contributed by atoms with E-state index < -0.39 is 62.7 Å². The van der Waals surface area contributed by atoms with Gasteiger partial charge in [-0.05, 0) is 68.2 Å². The van der Waals surface area contributed by atoms with Gasteiger partial charge in [-0.1, -0.05) is 65.3 Å². The largest absolute Gasteiger partial charge is 0.508 e. The molecule has 5 rings (SSSR count). The third-order valence-electron chi connectivity index (χ3n) is 11.2. The predicted molar refractivity (Wildman–Crippen MR) is 184 cm³/mol. The van der Waals surface area contributed by atoms with Gasteiger partial charge in [0.2, 0.25) is 5.78 Å². The number of allylic oxidation sites excluding steroid dienone is 1. The van der Waals surface area contributed by atoms with E-state index in [1.807, 2.05) is 26.8 Å². The van der Waals surface area contributed by atoms with E-state index in [0.717, 1.165) is 18.1 Å². The Kier molecular flexibility index (Phi) is 8.72. The minimum absolute atomic E-state index is 0.00152. The highest BCUT2D eigenvalue weighted by molar-refractivity contribution is 6.24. The minimum atomic E-state index is -2.70. The summed E-state index contributed by atoms with van der Waals surface area (Å²) < 4.78 is 0. The summed E-state index contributed by atoms with van der Waals surface area (Å²) >= 11 is 0. The first-order chi connectivity index (χ1) is 22.6. The number of ketones is 5. The van der Waals surface area contributed by atoms with E-state index in [1.165, 1.54) is 6.92 Å². The molecule has 3 aliphatic rings. The number of phenolic OH excluding ortho intramolecular Hbond substituents is 1. The topological polar surface area (TPSA) is 166 Å². The Morgan fingerprint density at radius 1 is 0.918 bits per heavy atom. The van der Waals surface area contributed by atoms with Gasteiger partial charge in [-0.25, -0.2) is 0 Å². The summed E-state index contributed by atoms with van der Waals surface area (Å²) in [7, 11) is 0. The highest BCUT2D eigenvalue weighted by atomic mass is 16.3. The van der Waals surface area contributed by atoms with Gasteiger partial charge in [0.05, 0.1) is 5.56 Å². The van der Waals surface area contributed by atoms with Crippen molar-refractivity contribution < 1.29 is 44.4 Å². The molecular weight excluding hydrogens is 624 g/mol. The summed E-state index contributed by atoms with van der Waals surface area (Å²) in [6.45, 7) is 15.1. The Morgan fingerprint density at radius 3 is 2.08 bits per heavy atom. The Balaban J connectivity index is 1.69. The molecule has 0 spiro atoms. The second-order valence-electron chi connectivity index (χ2n) is 15.6. The van der Waals surface area contributed by atoms with Crippen LogP contribution in [0.2, 0.25) is 0 Å². The van der Waals surface area contributed by atoms with Gasteiger partial charge in [0, 0.05) is 46.3 Å². The number of fused-ring (bicyclic) bond motifs is 3. The van der Waals surface area contributed by atoms with Crippen LogP contribution in [-0.4, -0.2) is 54.9 Å². The second-order valence-corrected chi connectivity index (χ2v) is 15.6. The molecule has 1 unspecified atom stereocenters. The van der Waals surface area contributed by atoms with E-state index in [0.29, 0.717) is 16.7 Å². The molecule has 0 heterocycles. The lowest BCUT2D eigenvalue weighted by molar-refractivity contribution is -0.178. The van der Waals surface area contributed by atoms with Crippen LogP contribution in [0.1, 0.15) is 111 Å². The molecule has 1 saturated carbocycles. The van der Waals surface area contributed by atoms with Crippen LogP contribution in [-0.2, 0) is 38.4 Å². The third kappa shape index (κ3) is 5.20. The lowest BCUT2D eigenvalue weighted by atomic mass is 9.43. The van der Waals surface area contributed by atoms with Gasteiger partial charge in [0.15, 0.2) is 23.0 Å². The quantitative estimate of drug-likeness (QED) is 0.190. The third-order valence-corrected chi connectivity index (χ3v) is 11.2. The van der Waals surface area contributed by atoms with Crippen molar-refractivity contribution >= 4 is 34.7 Å². The Labute approximate surface area is 286 Å². The number of aryl methyl sites for hydroxylation is 1. The Morgan fingerprint density at radius 2 is 1.53 bits per heavy atom. The molecule has 0 amide bonds. The zero-order valence-electron chi connectivity index (χ0n) is 29.7. The lowest BCUT2D eigenvalue weighted by Crippen LogP contribution is -2.69. The molecule has 0 aliphatic heterocycles. The van der Waals surface area contributed by atoms with Gasteiger partial charge in [0.25, 0.3) is 0 Å². The predicted octanol–water partition coefficient (Wildman–Crippen LogP) is 6.18. The van der Waals surface area contributed by atoms with Crippen molar-refractivity contribution in [2.24, 2.45) is 22.7 Å². The molecule has 0 bridgehead atoms. The number of hydrogen-bond donors (Lipinski definition) is 4. The Bertz CT molecular complexity index is 1920. The molecule has 9 heteroatoms. The van der Waals surface area contributed by atoms with Crippen molar-refractivity contribution in [3.8, 4) is 5.75 Å². The van der Waals surface area contributed by atoms with Gasteiger partial charge in [-0.15, -0.1) is 0 Å². The minimum Gasteiger partial charge on any atom is -0.508 e. The summed E-state index contributed by atoms with van der Waals surface area (Å²) in [4.78, 5) is 66.8. The maximum absolute atomic E-state index is 14.7. The number of rotatable bonds is 8. The molecule has 0 radical (unpaired) electrons. The molecule has 2 aromatic carbocycles. The maximum atomic E-state index is 14.7. The molecular formula is C40H46O9. The van der Waals surface area contributed by atoms with Gasteiger partial charge in [0.1, 0.15) is 28.6 Å². The zero-order chi connectivity index (χ0) is 36.7. The zero-order valence-corrected chi connectivity index (χ0v) is 29.7. The van der Waals surface area contributed by atoms with Gasteiger partial charge >= 0.3 is 0 Å². The molecule has 4 N–H and O–H groups in total. The SMILES string of the molecule is CC(=O)C1=C(O)[C@]2(O)C(=O)C3=C(O)c4c(O)c(CC(=O)Cc5ccc(C)cc5C(C)=O)cc(C(C)C)c4C[C@]3(C)C[C@]2(C)C(C(C)C)C1=O. The number of benzene rings is 2. The molecule has 1 fully saturated rings. The van der Waals surface area contributed by atoms with E-state index >= 15 is 0 Å². The van der Waals surface area contributed by atoms with E-state index in [1.54, 1.807) is 45.9 Å². The number of phenols is 1. The standard InChI is InChI=1S/C40H46O9/c1-18(2)26-15-24(14-25(43)13-23-11-10-20(5)12-27(23)21(6)41)33(44)30-28(26)16-38(8)17-39(9)31(19(3)4)34(45)29(22(7)42)36(47)40(39,49)37(48)32(38)35(30)46/h10-12,15,18-19,31,44,46-47,49H,13-14,16-17H2,1-9H3/t31?,38-,39-,40+/m1/s1. The second kappa shape index (κ2) is 11.9. The van der Waals surface area contributed by atoms with E-state index in [4.69, 9.17) is 0 Å². The van der Waals surface area contributed by atoms with E-state index in [2.05, 4.69) is 0 Å². The molecule has 0 aromatic heterocycles. The molecule has 4 atom stereocenters. The van der Waals surface area contributed by atoms with Gasteiger partial charge in [-0.2, -0.15) is 0 Å². The number of aliphatic hydroxyl groups excluding tert-OH is 2. The highest BCUT2D eigenvalue weighted by Gasteiger charge is 2.72. The van der Waals surface area contributed by atoms with Crippen LogP contribution in [0.25, 0.3) is 5.76 Å². The summed E-state index contributed by atoms with van der Waals surface area (Å²) in [5.74, 6) is -6.42. The van der Waals surface area contributed by atoms with E-state index in [-0.39, 0.29) is 65.6 Å². The van der Waals surface area contributed by atoms with Crippen LogP contribution in [0.15, 0.2) is 41.2 Å². The van der Waals surface area contributed by atoms with Crippen LogP contribution in [0.3, 0.4) is 0 Å². The van der Waals surface area contributed by atoms with Gasteiger partial charge in [-0.3, -0.25) is 24.0 Å². The first-order valence-electron chi connectivity index (χ1n) is 16.8. The fourth-order valence-corrected chi connectivity index (χ4v) is 9.18. The van der Waals surface area contributed by atoms with Crippen molar-refractivity contribution in [1.82, 2.24) is 0 Å². The summed E-state index contributed by atoms with van der Waals surface area (Å²) in [6, 6.07) is 7.04. The molecule has 260 valence electrons. The fourth-order valence-electron chi connectivity index (χ4n) is 9.18. The monoisotopic (exact) mass is 670 g/mol. The molecule has 9 nitrogen and oxygen atoms in total. The van der Waals surface area contributed by atoms with Crippen LogP contribution in [0.4, 0.5) is 0 Å². The highest BCUT2D eigenvalue weighted by Crippen LogP contribution is 2.65. The normalized spacial score (nSPS) is 26.6. The molecule has 49 heavy (non-hydrogen) atoms. The first-order valence-corrected chi connectivity index (χ1v) is 16.8. The average molecular weight is 671 g/mol. The number of aliphatic hydroxyl groups is 3. The smallest absolute Gasteiger partial charge is 0.203 e. The number of hydrogen-bond acceptors (Lipinski definition) is 9. The molecule has 0 saturated heterocycles. The van der Waals surface area contributed by atoms with Gasteiger partial charge < -0.3 is 20.4 Å². The van der Waals surface area contributed by atoms with Crippen LogP contribution in [0.5, 0.6) is 5.75 Å². The van der Waals surface area contributed by atoms with Crippen LogP contribution in [0, 0.1) is 29.6 Å². The van der Waals surface area contributed by atoms with Crippen molar-refractivity contribution in [2.45, 2.75) is 99.5 Å². The average Bonchev–Trinajstić information content (AvgIpc) is 2.96. The van der Waals surface area contributed by atoms with Crippen molar-refractivity contribution in [3.05, 3.63) is 80.1 Å². The summed E-state index contributed by atoms with van der Waals surface area (Å²) in [5.41, 5.74) is -2.79. The Hall–Kier alpha value is -4.37. The van der Waals surface area contributed by atoms with Crippen molar-refractivity contribution in [3.63, 3.8) is 0 Å². The number of aromatic hydroxyl groups is 1. The number of Topliss-reactive ketones (excluding diaryl/α,β-unsaturated/α-hetero) is 5. The summed E-state index contributed by atoms with van der Waals surface area (Å²) in [6.07, 6.45) is -0.122. The van der Waals surface area contributed by atoms with Crippen LogP contribution >= 0.6 is 0 Å². The fraction of sp³-hybridized carbons (Fsp3) is 0.475.